The lowest BCUT2D eigenvalue weighted by atomic mass is 10.0. The van der Waals surface area contributed by atoms with Gasteiger partial charge < -0.3 is 8.98 Å². The number of nitrogens with zero attached hydrogens (tertiary/aromatic N) is 4. The molecule has 5 heteroatoms. The number of hydrogen-bond acceptors (Lipinski definition) is 4. The third-order valence-electron chi connectivity index (χ3n) is 11.2. The number of hydrogen-bond donors (Lipinski definition) is 0. The second-order valence-electron chi connectivity index (χ2n) is 14.4. The molecule has 0 amide bonds. The van der Waals surface area contributed by atoms with Gasteiger partial charge in [0.15, 0.2) is 17.5 Å². The Hall–Kier alpha value is -7.63. The van der Waals surface area contributed by atoms with E-state index in [1.54, 1.807) is 0 Å². The Morgan fingerprint density at radius 3 is 1.80 bits per heavy atom. The molecule has 0 radical (unpaired) electrons. The Labute approximate surface area is 320 Å². The van der Waals surface area contributed by atoms with Crippen LogP contribution in [0.3, 0.4) is 0 Å². The Morgan fingerprint density at radius 2 is 0.964 bits per heavy atom. The Balaban J connectivity index is 1.21. The van der Waals surface area contributed by atoms with Crippen molar-refractivity contribution in [3.63, 3.8) is 0 Å². The van der Waals surface area contributed by atoms with Gasteiger partial charge in [0.2, 0.25) is 0 Å². The van der Waals surface area contributed by atoms with Gasteiger partial charge in [0.05, 0.1) is 16.7 Å². The molecule has 12 rings (SSSR count). The van der Waals surface area contributed by atoms with Gasteiger partial charge in [0.25, 0.3) is 0 Å². The highest BCUT2D eigenvalue weighted by molar-refractivity contribution is 6.15. The Kier molecular flexibility index (Phi) is 6.56. The van der Waals surface area contributed by atoms with E-state index in [1.807, 2.05) is 12.1 Å². The minimum Gasteiger partial charge on any atom is -0.456 e. The fourth-order valence-corrected chi connectivity index (χ4v) is 8.53. The largest absolute Gasteiger partial charge is 0.456 e. The van der Waals surface area contributed by atoms with Gasteiger partial charge in [-0.1, -0.05) is 140 Å². The summed E-state index contributed by atoms with van der Waals surface area (Å²) in [5.74, 6) is 1.81. The normalized spacial score (nSPS) is 11.9. The molecule has 12 aromatic rings. The van der Waals surface area contributed by atoms with E-state index >= 15 is 0 Å². The van der Waals surface area contributed by atoms with Gasteiger partial charge in [-0.05, 0) is 68.7 Å². The van der Waals surface area contributed by atoms with Crippen LogP contribution >= 0.6 is 0 Å². The van der Waals surface area contributed by atoms with Crippen molar-refractivity contribution >= 4 is 76.1 Å². The summed E-state index contributed by atoms with van der Waals surface area (Å²) in [5, 5.41) is 11.3. The van der Waals surface area contributed by atoms with Crippen molar-refractivity contribution < 1.29 is 4.42 Å². The summed E-state index contributed by atoms with van der Waals surface area (Å²) in [5.41, 5.74) is 7.51. The molecule has 0 spiro atoms. The van der Waals surface area contributed by atoms with Crippen LogP contribution in [0.5, 0.6) is 0 Å². The zero-order chi connectivity index (χ0) is 36.7. The first-order chi connectivity index (χ1) is 27.7. The van der Waals surface area contributed by atoms with Crippen molar-refractivity contribution in [3.05, 3.63) is 182 Å². The molecule has 0 aliphatic heterocycles. The fourth-order valence-electron chi connectivity index (χ4n) is 8.53. The van der Waals surface area contributed by atoms with Gasteiger partial charge in [-0.2, -0.15) is 0 Å². The van der Waals surface area contributed by atoms with E-state index in [0.29, 0.717) is 17.5 Å². The highest BCUT2D eigenvalue weighted by atomic mass is 16.3. The van der Waals surface area contributed by atoms with Crippen molar-refractivity contribution in [3.8, 4) is 39.9 Å². The summed E-state index contributed by atoms with van der Waals surface area (Å²) in [4.78, 5) is 16.0. The molecule has 0 atom stereocenters. The number of para-hydroxylation sites is 2. The number of benzene rings is 9. The van der Waals surface area contributed by atoms with E-state index < -0.39 is 0 Å². The molecule has 9 aromatic carbocycles. The first-order valence-electron chi connectivity index (χ1n) is 18.8. The van der Waals surface area contributed by atoms with Crippen LogP contribution in [-0.2, 0) is 0 Å². The molecule has 56 heavy (non-hydrogen) atoms. The molecule has 5 nitrogen and oxygen atoms in total. The van der Waals surface area contributed by atoms with Crippen LogP contribution in [0.4, 0.5) is 0 Å². The lowest BCUT2D eigenvalue weighted by Gasteiger charge is -2.16. The molecular weight excluding hydrogens is 685 g/mol. The molecule has 0 fully saturated rings. The molecule has 260 valence electrons. The van der Waals surface area contributed by atoms with E-state index in [0.717, 1.165) is 71.5 Å². The van der Waals surface area contributed by atoms with Crippen molar-refractivity contribution in [1.29, 1.82) is 0 Å². The lowest BCUT2D eigenvalue weighted by Crippen LogP contribution is -2.04. The fraction of sp³-hybridized carbons (Fsp3) is 0. The molecule has 3 heterocycles. The van der Waals surface area contributed by atoms with Gasteiger partial charge in [-0.25, -0.2) is 15.0 Å². The lowest BCUT2D eigenvalue weighted by molar-refractivity contribution is 0.668. The summed E-state index contributed by atoms with van der Waals surface area (Å²) in [6.45, 7) is 0. The van der Waals surface area contributed by atoms with Gasteiger partial charge in [0, 0.05) is 44.3 Å². The van der Waals surface area contributed by atoms with E-state index in [-0.39, 0.29) is 0 Å². The maximum Gasteiger partial charge on any atom is 0.166 e. The van der Waals surface area contributed by atoms with Gasteiger partial charge in [-0.15, -0.1) is 0 Å². The van der Waals surface area contributed by atoms with Gasteiger partial charge >= 0.3 is 0 Å². The predicted octanol–water partition coefficient (Wildman–Crippen LogP) is 13.3. The highest BCUT2D eigenvalue weighted by Crippen LogP contribution is 2.42. The topological polar surface area (TPSA) is 56.7 Å². The third kappa shape index (κ3) is 4.71. The average Bonchev–Trinajstić information content (AvgIpc) is 3.79. The first-order valence-corrected chi connectivity index (χ1v) is 18.8. The molecule has 0 aliphatic carbocycles. The molecule has 3 aromatic heterocycles. The second kappa shape index (κ2) is 11.9. The maximum atomic E-state index is 6.59. The Bertz CT molecular complexity index is 3550. The van der Waals surface area contributed by atoms with Crippen molar-refractivity contribution in [2.24, 2.45) is 0 Å². The van der Waals surface area contributed by atoms with E-state index in [1.165, 1.54) is 26.9 Å². The molecule has 0 aliphatic rings. The number of furan rings is 1. The summed E-state index contributed by atoms with van der Waals surface area (Å²) in [6.07, 6.45) is 0. The van der Waals surface area contributed by atoms with Crippen LogP contribution in [-0.4, -0.2) is 19.5 Å². The minimum absolute atomic E-state index is 0.583. The maximum absolute atomic E-state index is 6.59. The van der Waals surface area contributed by atoms with Crippen LogP contribution in [0.25, 0.3) is 116 Å². The van der Waals surface area contributed by atoms with E-state index in [4.69, 9.17) is 19.4 Å². The summed E-state index contributed by atoms with van der Waals surface area (Å²) in [6, 6.07) is 63.9. The number of fused-ring (bicyclic) bond motifs is 9. The van der Waals surface area contributed by atoms with Crippen LogP contribution in [0, 0.1) is 0 Å². The first kappa shape index (κ1) is 30.8. The smallest absolute Gasteiger partial charge is 0.166 e. The summed E-state index contributed by atoms with van der Waals surface area (Å²) < 4.78 is 8.94. The van der Waals surface area contributed by atoms with Crippen LogP contribution in [0.2, 0.25) is 0 Å². The van der Waals surface area contributed by atoms with E-state index in [2.05, 4.69) is 174 Å². The third-order valence-corrected chi connectivity index (χ3v) is 11.2. The van der Waals surface area contributed by atoms with Crippen LogP contribution in [0.1, 0.15) is 0 Å². The zero-order valence-corrected chi connectivity index (χ0v) is 30.0. The van der Waals surface area contributed by atoms with Crippen LogP contribution < -0.4 is 0 Å². The molecule has 0 bridgehead atoms. The van der Waals surface area contributed by atoms with Gasteiger partial charge in [0.1, 0.15) is 11.2 Å². The quantitative estimate of drug-likeness (QED) is 0.182. The Morgan fingerprint density at radius 1 is 0.339 bits per heavy atom. The number of rotatable bonds is 4. The average molecular weight is 715 g/mol. The van der Waals surface area contributed by atoms with Crippen LogP contribution in [0.15, 0.2) is 186 Å². The standard InChI is InChI=1S/C51H30N4O/c1-2-14-33-26-36(25-24-31(33)12-1)49-52-50(40-21-11-17-32-13-5-6-18-37(32)40)54-51(53-49)43-29-42-39-20-8-10-23-47(39)56-48(42)30-46(43)55-44-22-9-7-19-38(44)41-27-34-15-3-4-16-35(34)28-45(41)55/h1-30H. The monoisotopic (exact) mass is 714 g/mol. The molecule has 0 unspecified atom stereocenters. The summed E-state index contributed by atoms with van der Waals surface area (Å²) >= 11 is 0. The second-order valence-corrected chi connectivity index (χ2v) is 14.4. The van der Waals surface area contributed by atoms with Gasteiger partial charge in [-0.3, -0.25) is 0 Å². The minimum atomic E-state index is 0.583. The summed E-state index contributed by atoms with van der Waals surface area (Å²) in [7, 11) is 0. The van der Waals surface area contributed by atoms with E-state index in [9.17, 15) is 0 Å². The predicted molar refractivity (Wildman–Crippen MR) is 230 cm³/mol. The van der Waals surface area contributed by atoms with Crippen molar-refractivity contribution in [2.45, 2.75) is 0 Å². The van der Waals surface area contributed by atoms with Crippen molar-refractivity contribution in [1.82, 2.24) is 19.5 Å². The molecule has 0 N–H and O–H groups in total. The highest BCUT2D eigenvalue weighted by Gasteiger charge is 2.23. The number of aromatic nitrogens is 4. The molecule has 0 saturated carbocycles. The molecular formula is C51H30N4O. The van der Waals surface area contributed by atoms with Crippen molar-refractivity contribution in [2.75, 3.05) is 0 Å². The SMILES string of the molecule is c1ccc2cc(-c3nc(-c4cc5c(cc4-n4c6ccccc6c6cc7ccccc7cc64)oc4ccccc45)nc(-c4cccc5ccccc45)n3)ccc2c1. The zero-order valence-electron chi connectivity index (χ0n) is 30.0. The molecule has 0 saturated heterocycles.